The number of carboxylic acids is 1. The van der Waals surface area contributed by atoms with Crippen LogP contribution < -0.4 is 4.74 Å². The van der Waals surface area contributed by atoms with Crippen LogP contribution in [-0.2, 0) is 6.54 Å². The monoisotopic (exact) mass is 541 g/mol. The summed E-state index contributed by atoms with van der Waals surface area (Å²) in [6.45, 7) is 0.927. The van der Waals surface area contributed by atoms with Crippen molar-refractivity contribution < 1.29 is 19.4 Å². The fourth-order valence-electron chi connectivity index (χ4n) is 4.96. The van der Waals surface area contributed by atoms with Crippen molar-refractivity contribution in [3.05, 3.63) is 161 Å². The van der Waals surface area contributed by atoms with Gasteiger partial charge in [0.25, 0.3) is 5.91 Å². The van der Waals surface area contributed by atoms with Gasteiger partial charge < -0.3 is 14.7 Å². The number of amides is 1. The number of carbonyl (C=O) groups is 2. The van der Waals surface area contributed by atoms with Gasteiger partial charge in [-0.25, -0.2) is 4.79 Å². The maximum atomic E-state index is 14.0. The number of nitrogens with zero attached hydrogens (tertiary/aromatic N) is 1. The number of hydrogen-bond acceptors (Lipinski definition) is 3. The molecule has 5 nitrogen and oxygen atoms in total. The molecule has 0 heterocycles. The summed E-state index contributed by atoms with van der Waals surface area (Å²) in [5.41, 5.74) is 6.05. The molecule has 0 aromatic heterocycles. The van der Waals surface area contributed by atoms with E-state index in [1.807, 2.05) is 89.8 Å². The summed E-state index contributed by atoms with van der Waals surface area (Å²) >= 11 is 0. The van der Waals surface area contributed by atoms with E-state index in [-0.39, 0.29) is 17.4 Å². The highest BCUT2D eigenvalue weighted by Crippen LogP contribution is 2.28. The van der Waals surface area contributed by atoms with Gasteiger partial charge in [0, 0.05) is 24.6 Å². The van der Waals surface area contributed by atoms with Crippen molar-refractivity contribution in [2.75, 3.05) is 13.7 Å². The lowest BCUT2D eigenvalue weighted by Crippen LogP contribution is -2.34. The second kappa shape index (κ2) is 12.8. The fraction of sp³-hybridized carbons (Fsp3) is 0.111. The molecule has 0 saturated carbocycles. The van der Waals surface area contributed by atoms with Crippen LogP contribution in [0.5, 0.6) is 5.75 Å². The quantitative estimate of drug-likeness (QED) is 0.198. The zero-order valence-electron chi connectivity index (χ0n) is 22.8. The molecule has 0 radical (unpaired) electrons. The molecule has 5 aromatic carbocycles. The van der Waals surface area contributed by atoms with Crippen LogP contribution in [0.1, 0.15) is 43.3 Å². The van der Waals surface area contributed by atoms with Crippen molar-refractivity contribution in [1.82, 2.24) is 4.90 Å². The summed E-state index contributed by atoms with van der Waals surface area (Å²) in [6, 6.07) is 42.7. The van der Waals surface area contributed by atoms with Gasteiger partial charge in [-0.3, -0.25) is 4.79 Å². The van der Waals surface area contributed by atoms with Gasteiger partial charge in [0.1, 0.15) is 5.75 Å². The third-order valence-electron chi connectivity index (χ3n) is 7.22. The first-order valence-corrected chi connectivity index (χ1v) is 13.5. The zero-order chi connectivity index (χ0) is 28.6. The van der Waals surface area contributed by atoms with Crippen molar-refractivity contribution in [1.29, 1.82) is 0 Å². The van der Waals surface area contributed by atoms with Gasteiger partial charge in [0.2, 0.25) is 0 Å². The summed E-state index contributed by atoms with van der Waals surface area (Å²) in [5.74, 6) is -0.311. The second-order valence-electron chi connectivity index (χ2n) is 9.87. The lowest BCUT2D eigenvalue weighted by atomic mass is 9.90. The van der Waals surface area contributed by atoms with Crippen LogP contribution in [0.25, 0.3) is 11.1 Å². The molecule has 1 amide bonds. The number of rotatable bonds is 10. The molecule has 0 fully saturated rings. The van der Waals surface area contributed by atoms with Crippen LogP contribution in [0.3, 0.4) is 0 Å². The normalized spacial score (nSPS) is 10.8. The number of hydrogen-bond donors (Lipinski definition) is 1. The molecule has 0 aliphatic carbocycles. The van der Waals surface area contributed by atoms with E-state index in [1.165, 1.54) is 0 Å². The highest BCUT2D eigenvalue weighted by atomic mass is 16.5. The SMILES string of the molecule is COc1ccc(C(=O)N(Cc2ccc(-c3ccc(C(=O)O)cc3)cc2)CC(c2ccccc2)c2ccccc2)cc1. The van der Waals surface area contributed by atoms with E-state index in [1.54, 1.807) is 31.4 Å². The Morgan fingerprint density at radius 3 is 1.63 bits per heavy atom. The van der Waals surface area contributed by atoms with E-state index in [4.69, 9.17) is 4.74 Å². The van der Waals surface area contributed by atoms with Gasteiger partial charge in [-0.15, -0.1) is 0 Å². The summed E-state index contributed by atoms with van der Waals surface area (Å²) < 4.78 is 5.30. The Morgan fingerprint density at radius 2 is 1.15 bits per heavy atom. The minimum Gasteiger partial charge on any atom is -0.497 e. The molecular formula is C36H31NO4. The smallest absolute Gasteiger partial charge is 0.335 e. The fourth-order valence-corrected chi connectivity index (χ4v) is 4.96. The Morgan fingerprint density at radius 1 is 0.659 bits per heavy atom. The van der Waals surface area contributed by atoms with E-state index in [0.717, 1.165) is 27.8 Å². The maximum Gasteiger partial charge on any atom is 0.335 e. The van der Waals surface area contributed by atoms with Crippen molar-refractivity contribution in [2.24, 2.45) is 0 Å². The number of carbonyl (C=O) groups excluding carboxylic acids is 1. The second-order valence-corrected chi connectivity index (χ2v) is 9.87. The van der Waals surface area contributed by atoms with Crippen molar-refractivity contribution >= 4 is 11.9 Å². The Hall–Kier alpha value is -5.16. The molecule has 204 valence electrons. The lowest BCUT2D eigenvalue weighted by molar-refractivity contribution is 0.0695. The minimum absolute atomic E-state index is 0.00776. The number of methoxy groups -OCH3 is 1. The van der Waals surface area contributed by atoms with E-state index in [2.05, 4.69) is 24.3 Å². The van der Waals surface area contributed by atoms with Crippen LogP contribution in [0, 0.1) is 0 Å². The molecule has 0 spiro atoms. The van der Waals surface area contributed by atoms with Gasteiger partial charge in [-0.05, 0) is 64.2 Å². The summed E-state index contributed by atoms with van der Waals surface area (Å²) in [5, 5.41) is 9.19. The molecule has 0 unspecified atom stereocenters. The van der Waals surface area contributed by atoms with Gasteiger partial charge in [0.05, 0.1) is 12.7 Å². The molecule has 0 aliphatic rings. The number of benzene rings is 5. The molecule has 5 aromatic rings. The Kier molecular flexibility index (Phi) is 8.55. The number of aromatic carboxylic acids is 1. The molecule has 0 saturated heterocycles. The number of carboxylic acid groups (broad SMARTS) is 1. The molecule has 5 rings (SSSR count). The average Bonchev–Trinajstić information content (AvgIpc) is 3.04. The highest BCUT2D eigenvalue weighted by molar-refractivity contribution is 5.94. The van der Waals surface area contributed by atoms with Crippen LogP contribution in [0.4, 0.5) is 0 Å². The van der Waals surface area contributed by atoms with Crippen LogP contribution in [0.2, 0.25) is 0 Å². The topological polar surface area (TPSA) is 66.8 Å². The third kappa shape index (κ3) is 6.71. The molecule has 1 N–H and O–H groups in total. The van der Waals surface area contributed by atoms with E-state index in [9.17, 15) is 14.7 Å². The molecule has 0 aliphatic heterocycles. The Bertz CT molecular complexity index is 1540. The van der Waals surface area contributed by atoms with Crippen molar-refractivity contribution in [2.45, 2.75) is 12.5 Å². The largest absolute Gasteiger partial charge is 0.497 e. The first kappa shape index (κ1) is 27.4. The molecule has 0 bridgehead atoms. The van der Waals surface area contributed by atoms with E-state index in [0.29, 0.717) is 24.4 Å². The first-order valence-electron chi connectivity index (χ1n) is 13.5. The van der Waals surface area contributed by atoms with Crippen LogP contribution in [-0.4, -0.2) is 35.5 Å². The molecule has 41 heavy (non-hydrogen) atoms. The van der Waals surface area contributed by atoms with Gasteiger partial charge in [-0.2, -0.15) is 0 Å². The Balaban J connectivity index is 1.45. The van der Waals surface area contributed by atoms with Crippen LogP contribution in [0.15, 0.2) is 133 Å². The maximum absolute atomic E-state index is 14.0. The zero-order valence-corrected chi connectivity index (χ0v) is 22.8. The van der Waals surface area contributed by atoms with E-state index >= 15 is 0 Å². The summed E-state index contributed by atoms with van der Waals surface area (Å²) in [4.78, 5) is 27.1. The molecule has 5 heteroatoms. The average molecular weight is 542 g/mol. The molecular weight excluding hydrogens is 510 g/mol. The summed E-state index contributed by atoms with van der Waals surface area (Å²) in [7, 11) is 1.61. The van der Waals surface area contributed by atoms with Crippen molar-refractivity contribution in [3.63, 3.8) is 0 Å². The predicted molar refractivity (Wildman–Crippen MR) is 161 cm³/mol. The lowest BCUT2D eigenvalue weighted by Gasteiger charge is -2.29. The van der Waals surface area contributed by atoms with Gasteiger partial charge >= 0.3 is 5.97 Å². The molecule has 0 atom stereocenters. The summed E-state index contributed by atoms with van der Waals surface area (Å²) in [6.07, 6.45) is 0. The standard InChI is InChI=1S/C36H31NO4/c1-41-33-22-20-31(21-23-33)35(38)37(25-34(29-8-4-2-5-9-29)30-10-6-3-7-11-30)24-26-12-14-27(15-13-26)28-16-18-32(19-17-28)36(39)40/h2-23,34H,24-25H2,1H3,(H,39,40). The third-order valence-corrected chi connectivity index (χ3v) is 7.22. The minimum atomic E-state index is -0.946. The van der Waals surface area contributed by atoms with Crippen molar-refractivity contribution in [3.8, 4) is 16.9 Å². The van der Waals surface area contributed by atoms with Crippen LogP contribution >= 0.6 is 0 Å². The van der Waals surface area contributed by atoms with E-state index < -0.39 is 5.97 Å². The predicted octanol–water partition coefficient (Wildman–Crippen LogP) is 7.53. The highest BCUT2D eigenvalue weighted by Gasteiger charge is 2.23. The number of ether oxygens (including phenoxy) is 1. The first-order chi connectivity index (χ1) is 20.0. The van der Waals surface area contributed by atoms with Gasteiger partial charge in [-0.1, -0.05) is 97.1 Å². The van der Waals surface area contributed by atoms with Gasteiger partial charge in [0.15, 0.2) is 0 Å². The Labute approximate surface area is 240 Å².